The number of carbonyl (C=O) groups excluding carboxylic acids is 1. The summed E-state index contributed by atoms with van der Waals surface area (Å²) in [5.74, 6) is -0.483. The highest BCUT2D eigenvalue weighted by Gasteiger charge is 2.17. The number of hydrogen-bond acceptors (Lipinski definition) is 3. The second kappa shape index (κ2) is 4.61. The van der Waals surface area contributed by atoms with Gasteiger partial charge in [-0.05, 0) is 25.1 Å². The van der Waals surface area contributed by atoms with Crippen molar-refractivity contribution in [1.82, 2.24) is 0 Å². The van der Waals surface area contributed by atoms with Gasteiger partial charge in [0.15, 0.2) is 5.78 Å². The summed E-state index contributed by atoms with van der Waals surface area (Å²) in [6.07, 6.45) is 0. The largest absolute Gasteiger partial charge is 0.378 e. The van der Waals surface area contributed by atoms with Gasteiger partial charge in [0.2, 0.25) is 0 Å². The van der Waals surface area contributed by atoms with Crippen LogP contribution in [0.1, 0.15) is 17.3 Å². The minimum Gasteiger partial charge on any atom is -0.378 e. The molecule has 1 aliphatic rings. The van der Waals surface area contributed by atoms with Crippen LogP contribution in [0.15, 0.2) is 18.2 Å². The maximum atomic E-state index is 13.1. The van der Waals surface area contributed by atoms with Gasteiger partial charge in [-0.25, -0.2) is 4.39 Å². The first-order valence-electron chi connectivity index (χ1n) is 5.31. The molecule has 1 aromatic carbocycles. The average molecular weight is 223 g/mol. The third-order valence-corrected chi connectivity index (χ3v) is 2.69. The molecule has 2 rings (SSSR count). The summed E-state index contributed by atoms with van der Waals surface area (Å²) < 4.78 is 18.3. The standard InChI is InChI=1S/C12H14FNO2/c1-9(15)11-8-10(13)2-3-12(11)14-4-6-16-7-5-14/h2-3,8H,4-7H2,1H3. The van der Waals surface area contributed by atoms with Gasteiger partial charge in [-0.1, -0.05) is 0 Å². The molecule has 1 heterocycles. The van der Waals surface area contributed by atoms with Gasteiger partial charge in [0.1, 0.15) is 5.82 Å². The van der Waals surface area contributed by atoms with Gasteiger partial charge in [0.05, 0.1) is 13.2 Å². The third kappa shape index (κ3) is 2.22. The fourth-order valence-electron chi connectivity index (χ4n) is 1.87. The first-order chi connectivity index (χ1) is 7.68. The first kappa shape index (κ1) is 11.1. The van der Waals surface area contributed by atoms with Gasteiger partial charge in [-0.2, -0.15) is 0 Å². The normalized spacial score (nSPS) is 16.2. The van der Waals surface area contributed by atoms with E-state index in [1.54, 1.807) is 6.07 Å². The molecule has 0 radical (unpaired) electrons. The van der Waals surface area contributed by atoms with E-state index in [0.717, 1.165) is 18.8 Å². The number of ketones is 1. The van der Waals surface area contributed by atoms with E-state index in [1.165, 1.54) is 19.1 Å². The molecule has 1 aromatic rings. The van der Waals surface area contributed by atoms with E-state index in [9.17, 15) is 9.18 Å². The van der Waals surface area contributed by atoms with Gasteiger partial charge >= 0.3 is 0 Å². The molecular formula is C12H14FNO2. The van der Waals surface area contributed by atoms with Crippen LogP contribution in [0.5, 0.6) is 0 Å². The topological polar surface area (TPSA) is 29.5 Å². The summed E-state index contributed by atoms with van der Waals surface area (Å²) in [4.78, 5) is 13.5. The van der Waals surface area contributed by atoms with Crippen molar-refractivity contribution in [2.24, 2.45) is 0 Å². The number of hydrogen-bond donors (Lipinski definition) is 0. The molecule has 0 aliphatic carbocycles. The van der Waals surface area contributed by atoms with Crippen molar-refractivity contribution in [2.75, 3.05) is 31.2 Å². The second-order valence-corrected chi connectivity index (χ2v) is 3.82. The Hall–Kier alpha value is -1.42. The summed E-state index contributed by atoms with van der Waals surface area (Å²) in [5.41, 5.74) is 1.25. The summed E-state index contributed by atoms with van der Waals surface area (Å²) >= 11 is 0. The van der Waals surface area contributed by atoms with Crippen LogP contribution in [0.2, 0.25) is 0 Å². The highest BCUT2D eigenvalue weighted by Crippen LogP contribution is 2.23. The van der Waals surface area contributed by atoms with Crippen LogP contribution in [0.3, 0.4) is 0 Å². The summed E-state index contributed by atoms with van der Waals surface area (Å²) in [6, 6.07) is 4.35. The van der Waals surface area contributed by atoms with E-state index in [0.29, 0.717) is 18.8 Å². The first-order valence-corrected chi connectivity index (χ1v) is 5.31. The molecule has 4 heteroatoms. The Labute approximate surface area is 93.8 Å². The van der Waals surface area contributed by atoms with Gasteiger partial charge in [0.25, 0.3) is 0 Å². The van der Waals surface area contributed by atoms with Crippen LogP contribution in [-0.4, -0.2) is 32.1 Å². The molecule has 16 heavy (non-hydrogen) atoms. The Kier molecular flexibility index (Phi) is 3.19. The van der Waals surface area contributed by atoms with Crippen LogP contribution < -0.4 is 4.90 Å². The highest BCUT2D eigenvalue weighted by molar-refractivity contribution is 5.99. The molecule has 0 aromatic heterocycles. The molecular weight excluding hydrogens is 209 g/mol. The van der Waals surface area contributed by atoms with Crippen molar-refractivity contribution in [3.8, 4) is 0 Å². The Bertz CT molecular complexity index is 400. The van der Waals surface area contributed by atoms with Crippen LogP contribution in [0.25, 0.3) is 0 Å². The lowest BCUT2D eigenvalue weighted by Crippen LogP contribution is -2.37. The maximum Gasteiger partial charge on any atom is 0.161 e. The minimum atomic E-state index is -0.373. The van der Waals surface area contributed by atoms with Gasteiger partial charge in [0, 0.05) is 24.3 Å². The average Bonchev–Trinajstić information content (AvgIpc) is 2.30. The quantitative estimate of drug-likeness (QED) is 0.717. The summed E-state index contributed by atoms with van der Waals surface area (Å²) in [7, 11) is 0. The third-order valence-electron chi connectivity index (χ3n) is 2.69. The molecule has 3 nitrogen and oxygen atoms in total. The molecule has 1 fully saturated rings. The van der Waals surface area contributed by atoms with Gasteiger partial charge in [-0.15, -0.1) is 0 Å². The molecule has 0 saturated carbocycles. The zero-order chi connectivity index (χ0) is 11.5. The molecule has 0 spiro atoms. The monoisotopic (exact) mass is 223 g/mol. The summed E-state index contributed by atoms with van der Waals surface area (Å²) in [5, 5.41) is 0. The Balaban J connectivity index is 2.34. The highest BCUT2D eigenvalue weighted by atomic mass is 19.1. The van der Waals surface area contributed by atoms with Crippen molar-refractivity contribution in [3.63, 3.8) is 0 Å². The lowest BCUT2D eigenvalue weighted by atomic mass is 10.1. The summed E-state index contributed by atoms with van der Waals surface area (Å²) in [6.45, 7) is 4.24. The Morgan fingerprint density at radius 1 is 1.38 bits per heavy atom. The number of halogens is 1. The molecule has 1 aliphatic heterocycles. The predicted molar refractivity (Wildman–Crippen MR) is 59.4 cm³/mol. The number of nitrogens with zero attached hydrogens (tertiary/aromatic N) is 1. The molecule has 0 bridgehead atoms. The van der Waals surface area contributed by atoms with Gasteiger partial charge in [-0.3, -0.25) is 4.79 Å². The lowest BCUT2D eigenvalue weighted by Gasteiger charge is -2.30. The zero-order valence-corrected chi connectivity index (χ0v) is 9.20. The molecule has 1 saturated heterocycles. The smallest absolute Gasteiger partial charge is 0.161 e. The Morgan fingerprint density at radius 2 is 2.06 bits per heavy atom. The number of benzene rings is 1. The van der Waals surface area contributed by atoms with Crippen LogP contribution in [-0.2, 0) is 4.74 Å². The molecule has 0 unspecified atom stereocenters. The van der Waals surface area contributed by atoms with E-state index in [1.807, 2.05) is 0 Å². The van der Waals surface area contributed by atoms with Crippen molar-refractivity contribution >= 4 is 11.5 Å². The Morgan fingerprint density at radius 3 is 2.69 bits per heavy atom. The zero-order valence-electron chi connectivity index (χ0n) is 9.20. The van der Waals surface area contributed by atoms with E-state index < -0.39 is 0 Å². The van der Waals surface area contributed by atoms with E-state index >= 15 is 0 Å². The van der Waals surface area contributed by atoms with Crippen molar-refractivity contribution in [2.45, 2.75) is 6.92 Å². The molecule has 0 N–H and O–H groups in total. The number of anilines is 1. The van der Waals surface area contributed by atoms with Crippen LogP contribution >= 0.6 is 0 Å². The SMILES string of the molecule is CC(=O)c1cc(F)ccc1N1CCOCC1. The molecule has 0 amide bonds. The second-order valence-electron chi connectivity index (χ2n) is 3.82. The van der Waals surface area contributed by atoms with E-state index in [2.05, 4.69) is 4.90 Å². The number of morpholine rings is 1. The fourth-order valence-corrected chi connectivity index (χ4v) is 1.87. The van der Waals surface area contributed by atoms with E-state index in [4.69, 9.17) is 4.74 Å². The number of carbonyl (C=O) groups is 1. The van der Waals surface area contributed by atoms with Gasteiger partial charge < -0.3 is 9.64 Å². The number of ether oxygens (including phenoxy) is 1. The number of Topliss-reactive ketones (excluding diaryl/α,β-unsaturated/α-hetero) is 1. The minimum absolute atomic E-state index is 0.110. The van der Waals surface area contributed by atoms with Crippen molar-refractivity contribution in [1.29, 1.82) is 0 Å². The number of rotatable bonds is 2. The molecule has 86 valence electrons. The van der Waals surface area contributed by atoms with E-state index in [-0.39, 0.29) is 11.6 Å². The lowest BCUT2D eigenvalue weighted by molar-refractivity contribution is 0.101. The van der Waals surface area contributed by atoms with Crippen molar-refractivity contribution < 1.29 is 13.9 Å². The van der Waals surface area contributed by atoms with Crippen LogP contribution in [0, 0.1) is 5.82 Å². The maximum absolute atomic E-state index is 13.1. The predicted octanol–water partition coefficient (Wildman–Crippen LogP) is 1.86. The molecule has 0 atom stereocenters. The van der Waals surface area contributed by atoms with Crippen LogP contribution in [0.4, 0.5) is 10.1 Å². The van der Waals surface area contributed by atoms with Crippen molar-refractivity contribution in [3.05, 3.63) is 29.6 Å². The fraction of sp³-hybridized carbons (Fsp3) is 0.417.